The first-order valence-corrected chi connectivity index (χ1v) is 12.7. The highest BCUT2D eigenvalue weighted by Gasteiger charge is 2.35. The first kappa shape index (κ1) is 25.0. The third-order valence-corrected chi connectivity index (χ3v) is 7.44. The standard InChI is InChI=1S/C29H32N2O6/c1-35-24-10-5-11-25(36-2)27(24)37-18-21(32)17-30-14-12-19(13-15-30)16-31-28(33)22-8-3-6-20-7-4-9-23(26(20)22)29(31)34/h3-11,19,21,32H,12-18H2,1-2H3/p+1/t21-/m1/s1. The van der Waals surface area contributed by atoms with Crippen LogP contribution in [0.4, 0.5) is 0 Å². The van der Waals surface area contributed by atoms with Gasteiger partial charge in [0, 0.05) is 35.9 Å². The molecule has 1 atom stereocenters. The molecule has 1 fully saturated rings. The number of nitrogens with one attached hydrogen (secondary N) is 1. The Kier molecular flexibility index (Phi) is 7.30. The molecule has 194 valence electrons. The predicted molar refractivity (Wildman–Crippen MR) is 139 cm³/mol. The van der Waals surface area contributed by atoms with Gasteiger partial charge in [-0.25, -0.2) is 0 Å². The number of nitrogens with zero attached hydrogens (tertiary/aromatic N) is 1. The van der Waals surface area contributed by atoms with Crippen molar-refractivity contribution in [2.75, 3.05) is 47.0 Å². The molecule has 0 unspecified atom stereocenters. The van der Waals surface area contributed by atoms with Crippen molar-refractivity contribution >= 4 is 22.6 Å². The topological polar surface area (TPSA) is 89.7 Å². The van der Waals surface area contributed by atoms with Gasteiger partial charge in [-0.05, 0) is 35.6 Å². The first-order valence-electron chi connectivity index (χ1n) is 12.7. The van der Waals surface area contributed by atoms with E-state index in [9.17, 15) is 14.7 Å². The number of hydrogen-bond acceptors (Lipinski definition) is 6. The molecule has 0 aromatic heterocycles. The van der Waals surface area contributed by atoms with Crippen LogP contribution in [0.3, 0.4) is 0 Å². The largest absolute Gasteiger partial charge is 0.493 e. The maximum absolute atomic E-state index is 13.2. The number of likely N-dealkylation sites (tertiary alicyclic amines) is 1. The fraction of sp³-hybridized carbons (Fsp3) is 0.379. The van der Waals surface area contributed by atoms with E-state index in [-0.39, 0.29) is 24.3 Å². The molecule has 1 saturated heterocycles. The molecule has 0 aliphatic carbocycles. The summed E-state index contributed by atoms with van der Waals surface area (Å²) >= 11 is 0. The first-order chi connectivity index (χ1) is 18.0. The number of amides is 2. The number of methoxy groups -OCH3 is 2. The zero-order valence-corrected chi connectivity index (χ0v) is 21.2. The summed E-state index contributed by atoms with van der Waals surface area (Å²) in [5.74, 6) is 1.42. The lowest BCUT2D eigenvalue weighted by Gasteiger charge is -2.34. The zero-order chi connectivity index (χ0) is 25.9. The summed E-state index contributed by atoms with van der Waals surface area (Å²) in [6.07, 6.45) is 1.11. The van der Waals surface area contributed by atoms with E-state index in [1.165, 1.54) is 9.80 Å². The number of benzene rings is 3. The van der Waals surface area contributed by atoms with E-state index in [2.05, 4.69) is 0 Å². The van der Waals surface area contributed by atoms with E-state index in [0.717, 1.165) is 36.7 Å². The number of aliphatic hydroxyl groups excluding tert-OH is 1. The molecular weight excluding hydrogens is 472 g/mol. The van der Waals surface area contributed by atoms with Crippen molar-refractivity contribution in [1.82, 2.24) is 4.90 Å². The van der Waals surface area contributed by atoms with Gasteiger partial charge in [0.1, 0.15) is 19.3 Å². The molecule has 3 aromatic rings. The van der Waals surface area contributed by atoms with Gasteiger partial charge in [-0.2, -0.15) is 0 Å². The molecule has 37 heavy (non-hydrogen) atoms. The molecule has 3 aromatic carbocycles. The Bertz CT molecular complexity index is 1230. The summed E-state index contributed by atoms with van der Waals surface area (Å²) in [7, 11) is 3.13. The van der Waals surface area contributed by atoms with Gasteiger partial charge in [0.05, 0.1) is 27.3 Å². The number of para-hydroxylation sites is 1. The van der Waals surface area contributed by atoms with Crippen LogP contribution in [-0.4, -0.2) is 74.9 Å². The minimum Gasteiger partial charge on any atom is -0.493 e. The summed E-state index contributed by atoms with van der Waals surface area (Å²) in [5.41, 5.74) is 1.20. The van der Waals surface area contributed by atoms with Gasteiger partial charge in [0.25, 0.3) is 11.8 Å². The van der Waals surface area contributed by atoms with Gasteiger partial charge in [0.2, 0.25) is 5.75 Å². The molecule has 2 N–H and O–H groups in total. The minimum absolute atomic E-state index is 0.130. The van der Waals surface area contributed by atoms with Crippen molar-refractivity contribution in [1.29, 1.82) is 0 Å². The normalized spacial score (nSPS) is 20.1. The van der Waals surface area contributed by atoms with Crippen LogP contribution in [0.1, 0.15) is 33.6 Å². The SMILES string of the molecule is COc1cccc(OC)c1OC[C@H](O)C[NH+]1CCC(CN2C(=O)c3cccc4cccc(c34)C2=O)CC1. The summed E-state index contributed by atoms with van der Waals surface area (Å²) in [6.45, 7) is 2.84. The number of quaternary nitrogens is 1. The second-order valence-corrected chi connectivity index (χ2v) is 9.78. The quantitative estimate of drug-likeness (QED) is 0.434. The number of carbonyl (C=O) groups is 2. The highest BCUT2D eigenvalue weighted by Crippen LogP contribution is 2.36. The molecule has 8 heteroatoms. The molecule has 2 amide bonds. The van der Waals surface area contributed by atoms with E-state index >= 15 is 0 Å². The van der Waals surface area contributed by atoms with Crippen molar-refractivity contribution < 1.29 is 33.8 Å². The summed E-state index contributed by atoms with van der Waals surface area (Å²) in [6, 6.07) is 16.6. The Morgan fingerprint density at radius 1 is 0.919 bits per heavy atom. The molecule has 0 spiro atoms. The highest BCUT2D eigenvalue weighted by atomic mass is 16.5. The Balaban J connectivity index is 1.14. The monoisotopic (exact) mass is 505 g/mol. The van der Waals surface area contributed by atoms with Crippen molar-refractivity contribution in [2.24, 2.45) is 5.92 Å². The molecule has 2 aliphatic heterocycles. The fourth-order valence-electron chi connectivity index (χ4n) is 5.51. The molecule has 2 aliphatic rings. The maximum Gasteiger partial charge on any atom is 0.261 e. The second kappa shape index (κ2) is 10.8. The van der Waals surface area contributed by atoms with Crippen molar-refractivity contribution in [3.8, 4) is 17.2 Å². The zero-order valence-electron chi connectivity index (χ0n) is 21.2. The van der Waals surface area contributed by atoms with Crippen LogP contribution in [0.2, 0.25) is 0 Å². The Morgan fingerprint density at radius 3 is 2.05 bits per heavy atom. The van der Waals surface area contributed by atoms with Gasteiger partial charge >= 0.3 is 0 Å². The molecule has 0 radical (unpaired) electrons. The van der Waals surface area contributed by atoms with Crippen LogP contribution < -0.4 is 19.1 Å². The van der Waals surface area contributed by atoms with Crippen LogP contribution in [0.15, 0.2) is 54.6 Å². The van der Waals surface area contributed by atoms with Crippen LogP contribution >= 0.6 is 0 Å². The van der Waals surface area contributed by atoms with Gasteiger partial charge in [0.15, 0.2) is 11.5 Å². The van der Waals surface area contributed by atoms with Crippen LogP contribution in [0, 0.1) is 5.92 Å². The molecule has 2 heterocycles. The molecule has 0 saturated carbocycles. The average Bonchev–Trinajstić information content (AvgIpc) is 2.93. The van der Waals surface area contributed by atoms with E-state index in [1.54, 1.807) is 26.4 Å². The Morgan fingerprint density at radius 2 is 1.49 bits per heavy atom. The molecular formula is C29H33N2O6+. The smallest absolute Gasteiger partial charge is 0.261 e. The Labute approximate surface area is 216 Å². The molecule has 8 nitrogen and oxygen atoms in total. The van der Waals surface area contributed by atoms with Crippen LogP contribution in [-0.2, 0) is 0 Å². The predicted octanol–water partition coefficient (Wildman–Crippen LogP) is 2.19. The fourth-order valence-corrected chi connectivity index (χ4v) is 5.51. The number of imide groups is 1. The van der Waals surface area contributed by atoms with Crippen LogP contribution in [0.5, 0.6) is 17.2 Å². The van der Waals surface area contributed by atoms with Crippen molar-refractivity contribution in [2.45, 2.75) is 18.9 Å². The lowest BCUT2D eigenvalue weighted by Crippen LogP contribution is -3.14. The van der Waals surface area contributed by atoms with Gasteiger partial charge < -0.3 is 24.2 Å². The number of piperidine rings is 1. The summed E-state index contributed by atoms with van der Waals surface area (Å²) in [5, 5.41) is 12.3. The number of ether oxygens (including phenoxy) is 3. The number of hydrogen-bond donors (Lipinski definition) is 2. The van der Waals surface area contributed by atoms with E-state index < -0.39 is 6.10 Å². The second-order valence-electron chi connectivity index (χ2n) is 9.78. The number of carbonyl (C=O) groups excluding carboxylic acids is 2. The number of aliphatic hydroxyl groups is 1. The minimum atomic E-state index is -0.650. The summed E-state index contributed by atoms with van der Waals surface area (Å²) < 4.78 is 16.6. The van der Waals surface area contributed by atoms with Crippen molar-refractivity contribution in [3.05, 3.63) is 65.7 Å². The van der Waals surface area contributed by atoms with Crippen molar-refractivity contribution in [3.63, 3.8) is 0 Å². The molecule has 5 rings (SSSR count). The van der Waals surface area contributed by atoms with E-state index in [0.29, 0.717) is 41.5 Å². The summed E-state index contributed by atoms with van der Waals surface area (Å²) in [4.78, 5) is 29.1. The van der Waals surface area contributed by atoms with E-state index in [1.807, 2.05) is 42.5 Å². The van der Waals surface area contributed by atoms with Gasteiger partial charge in [-0.1, -0.05) is 30.3 Å². The third-order valence-electron chi connectivity index (χ3n) is 7.44. The highest BCUT2D eigenvalue weighted by molar-refractivity contribution is 6.25. The number of rotatable bonds is 9. The maximum atomic E-state index is 13.2. The average molecular weight is 506 g/mol. The van der Waals surface area contributed by atoms with Crippen LogP contribution in [0.25, 0.3) is 10.8 Å². The third kappa shape index (κ3) is 4.99. The lowest BCUT2D eigenvalue weighted by atomic mass is 9.91. The van der Waals surface area contributed by atoms with Gasteiger partial charge in [-0.3, -0.25) is 14.5 Å². The molecule has 0 bridgehead atoms. The lowest BCUT2D eigenvalue weighted by molar-refractivity contribution is -0.909. The van der Waals surface area contributed by atoms with Gasteiger partial charge in [-0.15, -0.1) is 0 Å². The van der Waals surface area contributed by atoms with E-state index in [4.69, 9.17) is 14.2 Å². The Hall–Kier alpha value is -3.62.